The summed E-state index contributed by atoms with van der Waals surface area (Å²) in [6, 6.07) is 0. The monoisotopic (exact) mass is 250 g/mol. The Labute approximate surface area is 108 Å². The second-order valence-corrected chi connectivity index (χ2v) is 6.09. The van der Waals surface area contributed by atoms with Crippen molar-refractivity contribution in [3.63, 3.8) is 0 Å². The molecule has 0 aromatic heterocycles. The van der Waals surface area contributed by atoms with E-state index in [0.717, 1.165) is 18.4 Å². The SMILES string of the molecule is C=C1C(=O)CC2[C@H](C[C@]2(C)CO)C(=C)CC[C@H]1O. The van der Waals surface area contributed by atoms with Crippen LogP contribution >= 0.6 is 0 Å². The lowest BCUT2D eigenvalue weighted by atomic mass is 9.51. The molecule has 3 nitrogen and oxygen atoms in total. The van der Waals surface area contributed by atoms with Gasteiger partial charge >= 0.3 is 0 Å². The first kappa shape index (κ1) is 13.5. The Morgan fingerprint density at radius 3 is 2.72 bits per heavy atom. The first-order valence-corrected chi connectivity index (χ1v) is 6.57. The van der Waals surface area contributed by atoms with Crippen molar-refractivity contribution in [2.24, 2.45) is 17.3 Å². The van der Waals surface area contributed by atoms with E-state index in [1.165, 1.54) is 0 Å². The number of hydrogen-bond donors (Lipinski definition) is 2. The molecule has 0 spiro atoms. The highest BCUT2D eigenvalue weighted by atomic mass is 16.3. The average Bonchev–Trinajstić information content (AvgIpc) is 2.38. The third-order valence-corrected chi connectivity index (χ3v) is 4.86. The minimum atomic E-state index is -0.743. The summed E-state index contributed by atoms with van der Waals surface area (Å²) in [7, 11) is 0. The van der Waals surface area contributed by atoms with Gasteiger partial charge in [0.25, 0.3) is 0 Å². The molecular formula is C15H22O3. The minimum Gasteiger partial charge on any atom is -0.396 e. The molecule has 0 saturated heterocycles. The quantitative estimate of drug-likeness (QED) is 0.551. The summed E-state index contributed by atoms with van der Waals surface area (Å²) in [6.07, 6.45) is 1.78. The fourth-order valence-electron chi connectivity index (χ4n) is 3.32. The van der Waals surface area contributed by atoms with Crippen LogP contribution in [0.3, 0.4) is 0 Å². The third-order valence-electron chi connectivity index (χ3n) is 4.86. The molecule has 100 valence electrons. The Balaban J connectivity index is 2.24. The molecule has 0 bridgehead atoms. The number of Topliss-reactive ketones (excluding diaryl/α,β-unsaturated/α-hetero) is 1. The lowest BCUT2D eigenvalue weighted by Crippen LogP contribution is -2.49. The molecule has 0 amide bonds. The topological polar surface area (TPSA) is 57.5 Å². The molecule has 1 unspecified atom stereocenters. The van der Waals surface area contributed by atoms with Crippen LogP contribution in [0.25, 0.3) is 0 Å². The van der Waals surface area contributed by atoms with E-state index in [0.29, 0.717) is 24.3 Å². The van der Waals surface area contributed by atoms with E-state index in [1.807, 2.05) is 6.92 Å². The van der Waals surface area contributed by atoms with Crippen LogP contribution in [0.5, 0.6) is 0 Å². The van der Waals surface area contributed by atoms with E-state index in [-0.39, 0.29) is 23.7 Å². The molecule has 2 saturated carbocycles. The van der Waals surface area contributed by atoms with Gasteiger partial charge in [-0.25, -0.2) is 0 Å². The number of ketones is 1. The van der Waals surface area contributed by atoms with Gasteiger partial charge in [0.15, 0.2) is 5.78 Å². The highest BCUT2D eigenvalue weighted by Crippen LogP contribution is 2.56. The van der Waals surface area contributed by atoms with Crippen LogP contribution in [-0.4, -0.2) is 28.7 Å². The molecule has 2 aliphatic carbocycles. The first-order chi connectivity index (χ1) is 8.39. The molecule has 0 heterocycles. The fourth-order valence-corrected chi connectivity index (χ4v) is 3.32. The van der Waals surface area contributed by atoms with Crippen molar-refractivity contribution < 1.29 is 15.0 Å². The summed E-state index contributed by atoms with van der Waals surface area (Å²) in [5, 5.41) is 19.4. The molecule has 0 radical (unpaired) electrons. The zero-order chi connectivity index (χ0) is 13.5. The largest absolute Gasteiger partial charge is 0.396 e. The van der Waals surface area contributed by atoms with Crippen molar-refractivity contribution in [1.82, 2.24) is 0 Å². The van der Waals surface area contributed by atoms with Crippen LogP contribution < -0.4 is 0 Å². The Morgan fingerprint density at radius 2 is 2.11 bits per heavy atom. The van der Waals surface area contributed by atoms with Gasteiger partial charge in [-0.05, 0) is 36.5 Å². The van der Waals surface area contributed by atoms with Gasteiger partial charge in [0.2, 0.25) is 0 Å². The Bertz CT molecular complexity index is 399. The smallest absolute Gasteiger partial charge is 0.161 e. The van der Waals surface area contributed by atoms with E-state index in [4.69, 9.17) is 0 Å². The summed E-state index contributed by atoms with van der Waals surface area (Å²) in [5.41, 5.74) is 1.24. The molecular weight excluding hydrogens is 228 g/mol. The maximum absolute atomic E-state index is 12.1. The molecule has 2 rings (SSSR count). The lowest BCUT2D eigenvalue weighted by Gasteiger charge is -2.53. The van der Waals surface area contributed by atoms with Gasteiger partial charge in [0, 0.05) is 18.6 Å². The highest BCUT2D eigenvalue weighted by molar-refractivity contribution is 5.96. The van der Waals surface area contributed by atoms with Crippen LogP contribution in [0.1, 0.15) is 32.6 Å². The predicted octanol–water partition coefficient (Wildman–Crippen LogP) is 1.85. The molecule has 0 aliphatic heterocycles. The number of carbonyl (C=O) groups excluding carboxylic acids is 1. The summed E-state index contributed by atoms with van der Waals surface area (Å²) in [4.78, 5) is 12.1. The molecule has 3 heteroatoms. The van der Waals surface area contributed by atoms with Crippen molar-refractivity contribution in [1.29, 1.82) is 0 Å². The van der Waals surface area contributed by atoms with Crippen molar-refractivity contribution >= 4 is 5.78 Å². The van der Waals surface area contributed by atoms with Crippen LogP contribution in [0.15, 0.2) is 24.3 Å². The van der Waals surface area contributed by atoms with Crippen LogP contribution in [0.2, 0.25) is 0 Å². The third kappa shape index (κ3) is 2.06. The Morgan fingerprint density at radius 1 is 1.44 bits per heavy atom. The maximum Gasteiger partial charge on any atom is 0.161 e. The van der Waals surface area contributed by atoms with E-state index < -0.39 is 6.10 Å². The van der Waals surface area contributed by atoms with Gasteiger partial charge in [0.1, 0.15) is 0 Å². The minimum absolute atomic E-state index is 0.0634. The van der Waals surface area contributed by atoms with Crippen LogP contribution in [0.4, 0.5) is 0 Å². The van der Waals surface area contributed by atoms with E-state index >= 15 is 0 Å². The van der Waals surface area contributed by atoms with E-state index in [1.54, 1.807) is 0 Å². The number of aliphatic hydroxyl groups is 2. The van der Waals surface area contributed by atoms with Crippen molar-refractivity contribution in [3.8, 4) is 0 Å². The normalized spacial score (nSPS) is 41.5. The Kier molecular flexibility index (Phi) is 3.47. The molecule has 4 atom stereocenters. The standard InChI is InChI=1S/C15H22O3/c1-9-4-5-13(17)10(2)14(18)6-12-11(9)7-15(12,3)8-16/h11-13,16-17H,1-2,4-8H2,3H3/t11-,12?,13-,15-/m1/s1. The molecule has 2 aliphatic rings. The second-order valence-electron chi connectivity index (χ2n) is 6.09. The van der Waals surface area contributed by atoms with Gasteiger partial charge in [-0.3, -0.25) is 4.79 Å². The van der Waals surface area contributed by atoms with Crippen LogP contribution in [-0.2, 0) is 4.79 Å². The van der Waals surface area contributed by atoms with Gasteiger partial charge in [0.05, 0.1) is 6.10 Å². The predicted molar refractivity (Wildman–Crippen MR) is 69.9 cm³/mol. The lowest BCUT2D eigenvalue weighted by molar-refractivity contribution is -0.123. The average molecular weight is 250 g/mol. The van der Waals surface area contributed by atoms with Gasteiger partial charge in [-0.2, -0.15) is 0 Å². The summed E-state index contributed by atoms with van der Waals surface area (Å²) >= 11 is 0. The van der Waals surface area contributed by atoms with Crippen molar-refractivity contribution in [3.05, 3.63) is 24.3 Å². The van der Waals surface area contributed by atoms with Gasteiger partial charge in [-0.15, -0.1) is 0 Å². The Hall–Kier alpha value is -0.930. The van der Waals surface area contributed by atoms with Gasteiger partial charge < -0.3 is 10.2 Å². The molecule has 2 fully saturated rings. The van der Waals surface area contributed by atoms with Crippen molar-refractivity contribution in [2.75, 3.05) is 6.61 Å². The molecule has 18 heavy (non-hydrogen) atoms. The molecule has 2 N–H and O–H groups in total. The number of rotatable bonds is 1. The number of carbonyl (C=O) groups is 1. The van der Waals surface area contributed by atoms with E-state index in [9.17, 15) is 15.0 Å². The highest BCUT2D eigenvalue weighted by Gasteiger charge is 2.51. The molecule has 0 aromatic rings. The number of fused-ring (bicyclic) bond motifs is 1. The summed E-state index contributed by atoms with van der Waals surface area (Å²) in [6.45, 7) is 9.92. The van der Waals surface area contributed by atoms with Gasteiger partial charge in [-0.1, -0.05) is 25.7 Å². The zero-order valence-electron chi connectivity index (χ0n) is 11.0. The van der Waals surface area contributed by atoms with E-state index in [2.05, 4.69) is 13.2 Å². The van der Waals surface area contributed by atoms with Crippen LogP contribution in [0, 0.1) is 17.3 Å². The summed E-state index contributed by atoms with van der Waals surface area (Å²) < 4.78 is 0. The summed E-state index contributed by atoms with van der Waals surface area (Å²) in [5.74, 6) is 0.389. The molecule has 0 aromatic carbocycles. The second kappa shape index (κ2) is 4.63. The maximum atomic E-state index is 12.1. The van der Waals surface area contributed by atoms with Crippen molar-refractivity contribution in [2.45, 2.75) is 38.7 Å². The number of allylic oxidation sites excluding steroid dienone is 1. The number of aliphatic hydroxyl groups excluding tert-OH is 2. The zero-order valence-corrected chi connectivity index (χ0v) is 11.0. The number of hydrogen-bond acceptors (Lipinski definition) is 3. The first-order valence-electron chi connectivity index (χ1n) is 6.57. The fraction of sp³-hybridized carbons (Fsp3) is 0.667.